The lowest BCUT2D eigenvalue weighted by Gasteiger charge is -2.24. The van der Waals surface area contributed by atoms with Crippen LogP contribution in [0.25, 0.3) is 0 Å². The molecule has 0 aliphatic rings. The van der Waals surface area contributed by atoms with Gasteiger partial charge >= 0.3 is 0 Å². The topological polar surface area (TPSA) is 76.7 Å². The zero-order chi connectivity index (χ0) is 14.3. The molecule has 0 heterocycles. The summed E-state index contributed by atoms with van der Waals surface area (Å²) in [4.78, 5) is 0. The van der Waals surface area contributed by atoms with E-state index < -0.39 is 0 Å². The van der Waals surface area contributed by atoms with Crippen molar-refractivity contribution in [3.05, 3.63) is 23.8 Å². The molecule has 0 fully saturated rings. The third-order valence-corrected chi connectivity index (χ3v) is 3.09. The van der Waals surface area contributed by atoms with Crippen LogP contribution in [0.1, 0.15) is 24.9 Å². The lowest BCUT2D eigenvalue weighted by atomic mass is 10.0. The Morgan fingerprint density at radius 3 is 2.58 bits per heavy atom. The molecule has 0 amide bonds. The average molecular weight is 268 g/mol. The summed E-state index contributed by atoms with van der Waals surface area (Å²) in [6, 6.07) is 5.88. The third-order valence-electron chi connectivity index (χ3n) is 3.09. The molecule has 0 spiro atoms. The van der Waals surface area contributed by atoms with Gasteiger partial charge in [-0.2, -0.15) is 0 Å². The van der Waals surface area contributed by atoms with E-state index in [0.29, 0.717) is 24.5 Å². The molecule has 5 nitrogen and oxygen atoms in total. The van der Waals surface area contributed by atoms with Crippen LogP contribution < -0.4 is 20.5 Å². The number of nitrogens with two attached hydrogens (primary N) is 1. The smallest absolute Gasteiger partial charge is 0.165 e. The number of hydrogen-bond donors (Lipinski definition) is 3. The van der Waals surface area contributed by atoms with Crippen molar-refractivity contribution in [1.29, 1.82) is 0 Å². The average Bonchev–Trinajstić information content (AvgIpc) is 2.44. The van der Waals surface area contributed by atoms with E-state index >= 15 is 0 Å². The first kappa shape index (κ1) is 15.8. The maximum atomic E-state index is 8.96. The largest absolute Gasteiger partial charge is 0.493 e. The molecule has 0 saturated heterocycles. The van der Waals surface area contributed by atoms with Crippen LogP contribution in [0.5, 0.6) is 11.5 Å². The maximum absolute atomic E-state index is 8.96. The van der Waals surface area contributed by atoms with Gasteiger partial charge in [-0.15, -0.1) is 0 Å². The number of para-hydroxylation sites is 1. The number of nitrogens with one attached hydrogen (secondary N) is 1. The van der Waals surface area contributed by atoms with Crippen LogP contribution in [-0.2, 0) is 0 Å². The highest BCUT2D eigenvalue weighted by Gasteiger charge is 2.19. The molecule has 0 bridgehead atoms. The molecule has 4 N–H and O–H groups in total. The number of ether oxygens (including phenoxy) is 2. The van der Waals surface area contributed by atoms with Crippen molar-refractivity contribution >= 4 is 0 Å². The number of hydrogen-bond acceptors (Lipinski definition) is 5. The molecule has 1 aromatic rings. The first-order chi connectivity index (χ1) is 9.17. The van der Waals surface area contributed by atoms with Gasteiger partial charge in [0, 0.05) is 30.8 Å². The first-order valence-electron chi connectivity index (χ1n) is 6.45. The van der Waals surface area contributed by atoms with Crippen LogP contribution in [0.3, 0.4) is 0 Å². The standard InChI is InChI=1S/C14H24N2O3/c1-10(7-8-17)16-12(9-15)11-5-4-6-13(18-2)14(11)19-3/h4-6,10,12,16-17H,7-9,15H2,1-3H3. The predicted molar refractivity (Wildman–Crippen MR) is 75.6 cm³/mol. The lowest BCUT2D eigenvalue weighted by molar-refractivity contribution is 0.262. The Hall–Kier alpha value is -1.30. The highest BCUT2D eigenvalue weighted by atomic mass is 16.5. The minimum atomic E-state index is -0.0356. The quantitative estimate of drug-likeness (QED) is 0.657. The minimum Gasteiger partial charge on any atom is -0.493 e. The second kappa shape index (κ2) is 7.99. The Kier molecular flexibility index (Phi) is 6.62. The Bertz CT molecular complexity index is 385. The van der Waals surface area contributed by atoms with Crippen molar-refractivity contribution < 1.29 is 14.6 Å². The van der Waals surface area contributed by atoms with Crippen molar-refractivity contribution in [1.82, 2.24) is 5.32 Å². The Morgan fingerprint density at radius 1 is 1.32 bits per heavy atom. The van der Waals surface area contributed by atoms with E-state index in [0.717, 1.165) is 5.56 Å². The minimum absolute atomic E-state index is 0.0356. The van der Waals surface area contributed by atoms with Gasteiger partial charge in [0.1, 0.15) is 0 Å². The van der Waals surface area contributed by atoms with Crippen molar-refractivity contribution in [3.8, 4) is 11.5 Å². The summed E-state index contributed by atoms with van der Waals surface area (Å²) in [5, 5.41) is 12.3. The molecule has 1 rings (SSSR count). The number of benzene rings is 1. The fourth-order valence-electron chi connectivity index (χ4n) is 2.09. The van der Waals surface area contributed by atoms with E-state index in [9.17, 15) is 0 Å². The molecule has 0 aliphatic carbocycles. The summed E-state index contributed by atoms with van der Waals surface area (Å²) in [6.07, 6.45) is 0.683. The molecule has 0 aromatic heterocycles. The lowest BCUT2D eigenvalue weighted by Crippen LogP contribution is -2.35. The number of aliphatic hydroxyl groups is 1. The number of aliphatic hydroxyl groups excluding tert-OH is 1. The van der Waals surface area contributed by atoms with Gasteiger partial charge in [0.05, 0.1) is 14.2 Å². The highest BCUT2D eigenvalue weighted by Crippen LogP contribution is 2.34. The second-order valence-electron chi connectivity index (χ2n) is 4.45. The molecule has 0 radical (unpaired) electrons. The molecule has 0 saturated carbocycles. The molecule has 2 unspecified atom stereocenters. The van der Waals surface area contributed by atoms with Gasteiger partial charge in [-0.3, -0.25) is 0 Å². The zero-order valence-corrected chi connectivity index (χ0v) is 11.8. The Labute approximate surface area is 114 Å². The monoisotopic (exact) mass is 268 g/mol. The van der Waals surface area contributed by atoms with Crippen molar-refractivity contribution in [2.45, 2.75) is 25.4 Å². The fourth-order valence-corrected chi connectivity index (χ4v) is 2.09. The van der Waals surface area contributed by atoms with Gasteiger partial charge in [-0.1, -0.05) is 12.1 Å². The van der Waals surface area contributed by atoms with Crippen molar-refractivity contribution in [2.24, 2.45) is 5.73 Å². The number of rotatable bonds is 8. The van der Waals surface area contributed by atoms with Gasteiger partial charge in [0.2, 0.25) is 0 Å². The van der Waals surface area contributed by atoms with Crippen molar-refractivity contribution in [2.75, 3.05) is 27.4 Å². The summed E-state index contributed by atoms with van der Waals surface area (Å²) in [6.45, 7) is 2.62. The van der Waals surface area contributed by atoms with Gasteiger partial charge in [0.25, 0.3) is 0 Å². The zero-order valence-electron chi connectivity index (χ0n) is 11.8. The molecule has 19 heavy (non-hydrogen) atoms. The summed E-state index contributed by atoms with van der Waals surface area (Å²) in [5.74, 6) is 1.39. The normalized spacial score (nSPS) is 13.9. The Morgan fingerprint density at radius 2 is 2.05 bits per heavy atom. The van der Waals surface area contributed by atoms with E-state index in [2.05, 4.69) is 5.32 Å². The first-order valence-corrected chi connectivity index (χ1v) is 6.45. The van der Waals surface area contributed by atoms with Gasteiger partial charge in [-0.25, -0.2) is 0 Å². The van der Waals surface area contributed by atoms with Gasteiger partial charge < -0.3 is 25.6 Å². The molecule has 1 aromatic carbocycles. The van der Waals surface area contributed by atoms with E-state index in [1.165, 1.54) is 0 Å². The summed E-state index contributed by atoms with van der Waals surface area (Å²) < 4.78 is 10.7. The van der Waals surface area contributed by atoms with Crippen LogP contribution in [0.4, 0.5) is 0 Å². The third kappa shape index (κ3) is 4.09. The van der Waals surface area contributed by atoms with Crippen LogP contribution in [0, 0.1) is 0 Å². The summed E-state index contributed by atoms with van der Waals surface area (Å²) in [7, 11) is 3.23. The molecular weight excluding hydrogens is 244 g/mol. The van der Waals surface area contributed by atoms with Crippen LogP contribution in [0.15, 0.2) is 18.2 Å². The molecule has 5 heteroatoms. The van der Waals surface area contributed by atoms with Gasteiger partial charge in [0.15, 0.2) is 11.5 Å². The van der Waals surface area contributed by atoms with E-state index in [4.69, 9.17) is 20.3 Å². The second-order valence-corrected chi connectivity index (χ2v) is 4.45. The summed E-state index contributed by atoms with van der Waals surface area (Å²) in [5.41, 5.74) is 6.81. The highest BCUT2D eigenvalue weighted by molar-refractivity contribution is 5.48. The summed E-state index contributed by atoms with van der Waals surface area (Å²) >= 11 is 0. The van der Waals surface area contributed by atoms with Gasteiger partial charge in [-0.05, 0) is 19.4 Å². The molecule has 108 valence electrons. The van der Waals surface area contributed by atoms with E-state index in [-0.39, 0.29) is 18.7 Å². The molecule has 2 atom stereocenters. The predicted octanol–water partition coefficient (Wildman–Crippen LogP) is 1.06. The van der Waals surface area contributed by atoms with Crippen LogP contribution in [-0.4, -0.2) is 38.5 Å². The van der Waals surface area contributed by atoms with Crippen LogP contribution >= 0.6 is 0 Å². The SMILES string of the molecule is COc1cccc(C(CN)NC(C)CCO)c1OC. The molecular formula is C14H24N2O3. The van der Waals surface area contributed by atoms with Crippen LogP contribution in [0.2, 0.25) is 0 Å². The Balaban J connectivity index is 2.97. The maximum Gasteiger partial charge on any atom is 0.165 e. The van der Waals surface area contributed by atoms with E-state index in [1.807, 2.05) is 25.1 Å². The van der Waals surface area contributed by atoms with E-state index in [1.54, 1.807) is 14.2 Å². The fraction of sp³-hybridized carbons (Fsp3) is 0.571. The van der Waals surface area contributed by atoms with Crippen molar-refractivity contribution in [3.63, 3.8) is 0 Å². The number of methoxy groups -OCH3 is 2. The molecule has 0 aliphatic heterocycles.